The van der Waals surface area contributed by atoms with Crippen molar-refractivity contribution in [3.8, 4) is 5.75 Å². The van der Waals surface area contributed by atoms with Crippen LogP contribution >= 0.6 is 0 Å². The number of pyridine rings is 1. The van der Waals surface area contributed by atoms with Crippen LogP contribution in [0.2, 0.25) is 0 Å². The number of hydrogen-bond donors (Lipinski definition) is 3. The molecule has 0 unspecified atom stereocenters. The van der Waals surface area contributed by atoms with Gasteiger partial charge in [-0.3, -0.25) is 5.41 Å². The fourth-order valence-corrected chi connectivity index (χ4v) is 1.63. The number of aromatic carboxylic acids is 1. The molecule has 0 saturated heterocycles. The van der Waals surface area contributed by atoms with Gasteiger partial charge in [-0.05, 0) is 18.2 Å². The summed E-state index contributed by atoms with van der Waals surface area (Å²) >= 11 is 0. The van der Waals surface area contributed by atoms with E-state index in [1.165, 1.54) is 12.5 Å². The van der Waals surface area contributed by atoms with Crippen molar-refractivity contribution in [2.45, 2.75) is 0 Å². The third kappa shape index (κ3) is 4.53. The lowest BCUT2D eigenvalue weighted by molar-refractivity contribution is -0.104. The van der Waals surface area contributed by atoms with Crippen LogP contribution in [0.5, 0.6) is 5.75 Å². The van der Waals surface area contributed by atoms with E-state index in [0.29, 0.717) is 5.52 Å². The Morgan fingerprint density at radius 1 is 1.23 bits per heavy atom. The third-order valence-electron chi connectivity index (χ3n) is 2.50. The number of aromatic nitrogens is 1. The van der Waals surface area contributed by atoms with Gasteiger partial charge in [0.25, 0.3) is 0 Å². The van der Waals surface area contributed by atoms with Gasteiger partial charge < -0.3 is 14.9 Å². The van der Waals surface area contributed by atoms with E-state index in [-0.39, 0.29) is 11.4 Å². The Morgan fingerprint density at radius 2 is 1.95 bits per heavy atom. The van der Waals surface area contributed by atoms with Crippen molar-refractivity contribution >= 4 is 23.1 Å². The van der Waals surface area contributed by atoms with Crippen LogP contribution in [0.1, 0.15) is 10.5 Å². The molecule has 0 spiro atoms. The van der Waals surface area contributed by atoms with Gasteiger partial charge in [0.1, 0.15) is 0 Å². The van der Waals surface area contributed by atoms with E-state index < -0.39 is 5.97 Å². The number of rotatable bonds is 5. The maximum atomic E-state index is 11.2. The van der Waals surface area contributed by atoms with Crippen LogP contribution in [-0.2, 0) is 0 Å². The highest BCUT2D eigenvalue weighted by Crippen LogP contribution is 2.23. The summed E-state index contributed by atoms with van der Waals surface area (Å²) in [5.74, 6) is -0.942. The fourth-order valence-electron chi connectivity index (χ4n) is 1.63. The molecule has 1 aromatic heterocycles. The van der Waals surface area contributed by atoms with Crippen LogP contribution < -0.4 is 10.1 Å². The van der Waals surface area contributed by atoms with Crippen molar-refractivity contribution in [2.24, 2.45) is 0 Å². The molecule has 0 atom stereocenters. The summed E-state index contributed by atoms with van der Waals surface area (Å²) in [6.45, 7) is 0. The lowest BCUT2D eigenvalue weighted by atomic mass is 10.2. The van der Waals surface area contributed by atoms with E-state index in [2.05, 4.69) is 4.98 Å². The zero-order chi connectivity index (χ0) is 16.4. The predicted octanol–water partition coefficient (Wildman–Crippen LogP) is 0.820. The van der Waals surface area contributed by atoms with Gasteiger partial charge in [0.15, 0.2) is 17.7 Å². The minimum Gasteiger partial charge on any atom is -0.476 e. The summed E-state index contributed by atoms with van der Waals surface area (Å²) in [5, 5.41) is 22.1. The fraction of sp³-hybridized carbons (Fsp3) is 0.0625. The van der Waals surface area contributed by atoms with Gasteiger partial charge in [-0.15, -0.1) is 0 Å². The molecular formula is C16H17N2O4+. The number of fused-ring (bicyclic) bond motifs is 1. The molecule has 4 N–H and O–H groups in total. The lowest BCUT2D eigenvalue weighted by Gasteiger charge is -2.06. The highest BCUT2D eigenvalue weighted by Gasteiger charge is 2.14. The van der Waals surface area contributed by atoms with E-state index in [1.54, 1.807) is 36.4 Å². The monoisotopic (exact) mass is 301 g/mol. The predicted molar refractivity (Wildman–Crippen MR) is 83.7 cm³/mol. The number of benzene rings is 1. The molecule has 0 radical (unpaired) electrons. The molecule has 6 nitrogen and oxygen atoms in total. The molecule has 0 bridgehead atoms. The molecule has 2 rings (SSSR count). The number of hydrogen-bond acceptors (Lipinski definition) is 4. The van der Waals surface area contributed by atoms with Crippen LogP contribution in [0.25, 0.3) is 10.9 Å². The van der Waals surface area contributed by atoms with Gasteiger partial charge in [-0.2, -0.15) is 0 Å². The van der Waals surface area contributed by atoms with E-state index in [0.717, 1.165) is 12.5 Å². The molecule has 0 fully saturated rings. The average molecular weight is 301 g/mol. The van der Waals surface area contributed by atoms with Crippen LogP contribution in [0.3, 0.4) is 0 Å². The highest BCUT2D eigenvalue weighted by atomic mass is 16.5. The molecule has 0 aliphatic carbocycles. The minimum absolute atomic E-state index is 0.122. The summed E-state index contributed by atoms with van der Waals surface area (Å²) in [6, 6.07) is 8.89. The van der Waals surface area contributed by atoms with Crippen molar-refractivity contribution < 1.29 is 25.2 Å². The molecule has 0 aliphatic rings. The van der Waals surface area contributed by atoms with Crippen molar-refractivity contribution in [3.63, 3.8) is 0 Å². The second kappa shape index (κ2) is 9.04. The lowest BCUT2D eigenvalue weighted by Crippen LogP contribution is -2.27. The Hall–Kier alpha value is -2.99. The molecule has 0 aliphatic heterocycles. The van der Waals surface area contributed by atoms with Gasteiger partial charge in [0.2, 0.25) is 0 Å². The van der Waals surface area contributed by atoms with Gasteiger partial charge in [-0.1, -0.05) is 24.3 Å². The molecule has 114 valence electrons. The quantitative estimate of drug-likeness (QED) is 0.431. The molecule has 1 aromatic carbocycles. The van der Waals surface area contributed by atoms with Gasteiger partial charge in [0.05, 0.1) is 11.8 Å². The van der Waals surface area contributed by atoms with Gasteiger partial charge in [-0.25, -0.2) is 9.78 Å². The molecule has 0 saturated carbocycles. The molecule has 0 amide bonds. The zero-order valence-corrected chi connectivity index (χ0v) is 12.0. The van der Waals surface area contributed by atoms with Crippen LogP contribution in [0.15, 0.2) is 54.8 Å². The maximum absolute atomic E-state index is 11.2. The van der Waals surface area contributed by atoms with Crippen molar-refractivity contribution in [3.05, 3.63) is 60.5 Å². The second-order valence-electron chi connectivity index (χ2n) is 3.86. The zero-order valence-electron chi connectivity index (χ0n) is 12.0. The summed E-state index contributed by atoms with van der Waals surface area (Å²) in [4.78, 5) is 15.3. The first-order valence-corrected chi connectivity index (χ1v) is 6.33. The Balaban J connectivity index is 0.00000116. The number of allylic oxidation sites excluding steroid dienone is 3. The number of para-hydroxylation sites is 1. The standard InChI is InChI=1S/C15H12N2O3.CH4O/c16-8-4-1-5-9-20-13-10-11-6-2-3-7-12(11)17-14(13)15(18)19;1-2/h1-10,16H,(H,18,19);2H,1H3/p+1/b4-1-,9-5-,16-8?;. The number of ether oxygens (including phenoxy) is 1. The number of carbonyl (C=O) groups is 1. The number of aliphatic hydroxyl groups is 1. The van der Waals surface area contributed by atoms with Crippen molar-refractivity contribution in [1.82, 2.24) is 4.98 Å². The third-order valence-corrected chi connectivity index (χ3v) is 2.50. The van der Waals surface area contributed by atoms with Crippen LogP contribution in [-0.4, -0.2) is 34.5 Å². The van der Waals surface area contributed by atoms with E-state index in [4.69, 9.17) is 20.4 Å². The highest BCUT2D eigenvalue weighted by molar-refractivity contribution is 5.93. The molecule has 22 heavy (non-hydrogen) atoms. The number of carboxylic acid groups (broad SMARTS) is 1. The minimum atomic E-state index is -1.13. The average Bonchev–Trinajstić information content (AvgIpc) is 2.55. The smallest absolute Gasteiger partial charge is 0.358 e. The Kier molecular flexibility index (Phi) is 7.01. The van der Waals surface area contributed by atoms with Crippen molar-refractivity contribution in [1.29, 1.82) is 0 Å². The summed E-state index contributed by atoms with van der Waals surface area (Å²) < 4.78 is 5.32. The Bertz CT molecular complexity index is 708. The molecular weight excluding hydrogens is 284 g/mol. The Morgan fingerprint density at radius 3 is 2.64 bits per heavy atom. The number of nitrogens with zero attached hydrogens (tertiary/aromatic N) is 1. The van der Waals surface area contributed by atoms with Crippen LogP contribution in [0, 0.1) is 0 Å². The molecule has 1 heterocycles. The van der Waals surface area contributed by atoms with Gasteiger partial charge in [0, 0.05) is 18.6 Å². The van der Waals surface area contributed by atoms with Crippen molar-refractivity contribution in [2.75, 3.05) is 7.11 Å². The largest absolute Gasteiger partial charge is 0.476 e. The molecule has 6 heteroatoms. The van der Waals surface area contributed by atoms with E-state index in [9.17, 15) is 4.79 Å². The van der Waals surface area contributed by atoms with Gasteiger partial charge >= 0.3 is 5.97 Å². The number of carboxylic acids is 1. The van der Waals surface area contributed by atoms with E-state index in [1.807, 2.05) is 12.1 Å². The first-order chi connectivity index (χ1) is 10.7. The second-order valence-corrected chi connectivity index (χ2v) is 3.86. The van der Waals surface area contributed by atoms with E-state index >= 15 is 0 Å². The topological polar surface area (TPSA) is 105 Å². The summed E-state index contributed by atoms with van der Waals surface area (Å²) in [5.41, 5.74) is 0.488. The first-order valence-electron chi connectivity index (χ1n) is 6.33. The summed E-state index contributed by atoms with van der Waals surface area (Å²) in [7, 11) is 1.00. The number of aliphatic hydroxyl groups excluding tert-OH is 1. The Labute approximate surface area is 127 Å². The van der Waals surface area contributed by atoms with Crippen LogP contribution in [0.4, 0.5) is 0 Å². The normalized spacial score (nSPS) is 10.5. The molecule has 2 aromatic rings. The maximum Gasteiger partial charge on any atom is 0.358 e. The SMILES string of the molecule is CO.[NH2+]=C/C=C\C=C/Oc1cc2ccccc2nc1C(=O)O. The first kappa shape index (κ1) is 17.1. The summed E-state index contributed by atoms with van der Waals surface area (Å²) in [6.07, 6.45) is 7.64. The number of nitrogens with two attached hydrogens (primary N) is 1.